The number of thiocarbonyl (C=S) groups is 1. The average Bonchev–Trinajstić information content (AvgIpc) is 2.87. The topological polar surface area (TPSA) is 29.0 Å². The molecular weight excluding hydrogens is 258 g/mol. The quantitative estimate of drug-likeness (QED) is 0.610. The van der Waals surface area contributed by atoms with E-state index in [1.165, 1.54) is 24.4 Å². The van der Waals surface area contributed by atoms with E-state index in [0.29, 0.717) is 5.92 Å². The van der Waals surface area contributed by atoms with Crippen LogP contribution in [0.3, 0.4) is 0 Å². The van der Waals surface area contributed by atoms with E-state index in [4.69, 9.17) is 12.2 Å². The molecule has 1 aromatic heterocycles. The summed E-state index contributed by atoms with van der Waals surface area (Å²) in [5, 5.41) is 0. The van der Waals surface area contributed by atoms with Crippen molar-refractivity contribution >= 4 is 39.8 Å². The lowest BCUT2D eigenvalue weighted by atomic mass is 10.2. The predicted octanol–water partition coefficient (Wildman–Crippen LogP) is 3.13. The zero-order valence-electron chi connectivity index (χ0n) is 9.47. The van der Waals surface area contributed by atoms with Crippen LogP contribution in [0.2, 0.25) is 0 Å². The third kappa shape index (κ3) is 2.93. The second kappa shape index (κ2) is 5.42. The van der Waals surface area contributed by atoms with Gasteiger partial charge < -0.3 is 4.90 Å². The molecular formula is C10H15N3S3. The number of rotatable bonds is 2. The molecule has 0 unspecified atom stereocenters. The van der Waals surface area contributed by atoms with Gasteiger partial charge in [-0.1, -0.05) is 26.1 Å². The molecule has 2 heterocycles. The molecule has 0 N–H and O–H groups in total. The third-order valence-corrected chi connectivity index (χ3v) is 4.68. The van der Waals surface area contributed by atoms with Crippen LogP contribution in [0.1, 0.15) is 38.4 Å². The number of likely N-dealkylation sites (tertiary alicyclic amines) is 1. The Labute approximate surface area is 110 Å². The van der Waals surface area contributed by atoms with Crippen LogP contribution in [0.25, 0.3) is 0 Å². The zero-order chi connectivity index (χ0) is 11.5. The van der Waals surface area contributed by atoms with Gasteiger partial charge in [0, 0.05) is 19.0 Å². The van der Waals surface area contributed by atoms with Gasteiger partial charge in [0.25, 0.3) is 0 Å². The van der Waals surface area contributed by atoms with Gasteiger partial charge in [-0.25, -0.2) is 4.98 Å². The fourth-order valence-corrected chi connectivity index (χ4v) is 3.77. The van der Waals surface area contributed by atoms with Gasteiger partial charge in [-0.2, -0.15) is 4.37 Å². The molecule has 0 saturated carbocycles. The van der Waals surface area contributed by atoms with Gasteiger partial charge in [-0.15, -0.1) is 0 Å². The maximum atomic E-state index is 5.40. The molecule has 1 aliphatic rings. The van der Waals surface area contributed by atoms with Crippen molar-refractivity contribution in [2.75, 3.05) is 13.1 Å². The van der Waals surface area contributed by atoms with Crippen LogP contribution in [0, 0.1) is 0 Å². The van der Waals surface area contributed by atoms with Crippen LogP contribution >= 0.6 is 35.5 Å². The molecule has 0 amide bonds. The van der Waals surface area contributed by atoms with Crippen LogP contribution < -0.4 is 0 Å². The standard InChI is InChI=1S/C10H15N3S3/c1-7(2)8-11-9(16-12-8)15-10(14)13-5-3-4-6-13/h7H,3-6H2,1-2H3. The van der Waals surface area contributed by atoms with Crippen LogP contribution in [0.5, 0.6) is 0 Å². The van der Waals surface area contributed by atoms with Gasteiger partial charge in [0.15, 0.2) is 4.34 Å². The number of aromatic nitrogens is 2. The Balaban J connectivity index is 1.95. The van der Waals surface area contributed by atoms with Crippen molar-refractivity contribution in [3.8, 4) is 0 Å². The van der Waals surface area contributed by atoms with Crippen molar-refractivity contribution in [1.82, 2.24) is 14.3 Å². The highest BCUT2D eigenvalue weighted by Crippen LogP contribution is 2.27. The monoisotopic (exact) mass is 273 g/mol. The summed E-state index contributed by atoms with van der Waals surface area (Å²) in [7, 11) is 0. The second-order valence-corrected chi connectivity index (χ2v) is 6.77. The van der Waals surface area contributed by atoms with Crippen molar-refractivity contribution in [2.45, 2.75) is 36.9 Å². The minimum atomic E-state index is 0.394. The van der Waals surface area contributed by atoms with E-state index in [1.807, 2.05) is 0 Å². The van der Waals surface area contributed by atoms with Crippen molar-refractivity contribution in [2.24, 2.45) is 0 Å². The van der Waals surface area contributed by atoms with E-state index in [0.717, 1.165) is 27.6 Å². The molecule has 2 rings (SSSR count). The zero-order valence-corrected chi connectivity index (χ0v) is 11.9. The highest BCUT2D eigenvalue weighted by molar-refractivity contribution is 8.23. The molecule has 1 aromatic rings. The molecule has 0 spiro atoms. The molecule has 16 heavy (non-hydrogen) atoms. The van der Waals surface area contributed by atoms with Crippen molar-refractivity contribution in [3.05, 3.63) is 5.82 Å². The van der Waals surface area contributed by atoms with E-state index in [-0.39, 0.29) is 0 Å². The Bertz CT molecular complexity index is 369. The second-order valence-electron chi connectivity index (χ2n) is 4.14. The maximum Gasteiger partial charge on any atom is 0.177 e. The first-order valence-electron chi connectivity index (χ1n) is 5.47. The SMILES string of the molecule is CC(C)c1nsc(SC(=S)N2CCCC2)n1. The summed E-state index contributed by atoms with van der Waals surface area (Å²) >= 11 is 8.43. The number of hydrogen-bond acceptors (Lipinski definition) is 5. The molecule has 0 aliphatic carbocycles. The molecule has 1 aliphatic heterocycles. The lowest BCUT2D eigenvalue weighted by Crippen LogP contribution is -2.22. The Morgan fingerprint density at radius 2 is 2.12 bits per heavy atom. The smallest absolute Gasteiger partial charge is 0.177 e. The van der Waals surface area contributed by atoms with Gasteiger partial charge in [-0.3, -0.25) is 0 Å². The van der Waals surface area contributed by atoms with E-state index < -0.39 is 0 Å². The van der Waals surface area contributed by atoms with E-state index in [9.17, 15) is 0 Å². The van der Waals surface area contributed by atoms with Crippen LogP contribution in [-0.4, -0.2) is 31.7 Å². The maximum absolute atomic E-state index is 5.40. The molecule has 88 valence electrons. The molecule has 0 aromatic carbocycles. The molecule has 3 nitrogen and oxygen atoms in total. The number of thioether (sulfide) groups is 1. The molecule has 1 saturated heterocycles. The summed E-state index contributed by atoms with van der Waals surface area (Å²) in [5.41, 5.74) is 0. The van der Waals surface area contributed by atoms with Gasteiger partial charge in [0.1, 0.15) is 10.1 Å². The highest BCUT2D eigenvalue weighted by atomic mass is 32.2. The molecule has 1 fully saturated rings. The number of hydrogen-bond donors (Lipinski definition) is 0. The lowest BCUT2D eigenvalue weighted by Gasteiger charge is -2.15. The van der Waals surface area contributed by atoms with E-state index in [2.05, 4.69) is 28.1 Å². The van der Waals surface area contributed by atoms with Crippen LogP contribution in [0.4, 0.5) is 0 Å². The van der Waals surface area contributed by atoms with Gasteiger partial charge in [0.05, 0.1) is 0 Å². The minimum Gasteiger partial charge on any atom is -0.357 e. The van der Waals surface area contributed by atoms with Crippen molar-refractivity contribution < 1.29 is 0 Å². The van der Waals surface area contributed by atoms with Crippen molar-refractivity contribution in [3.63, 3.8) is 0 Å². The molecule has 0 bridgehead atoms. The molecule has 0 atom stereocenters. The normalized spacial score (nSPS) is 16.1. The summed E-state index contributed by atoms with van der Waals surface area (Å²) in [4.78, 5) is 6.74. The molecule has 0 radical (unpaired) electrons. The number of nitrogens with zero attached hydrogens (tertiary/aromatic N) is 3. The Morgan fingerprint density at radius 3 is 2.69 bits per heavy atom. The fourth-order valence-electron chi connectivity index (χ4n) is 1.54. The summed E-state index contributed by atoms with van der Waals surface area (Å²) in [6, 6.07) is 0. The summed E-state index contributed by atoms with van der Waals surface area (Å²) in [6.45, 7) is 6.41. The lowest BCUT2D eigenvalue weighted by molar-refractivity contribution is 0.539. The summed E-state index contributed by atoms with van der Waals surface area (Å²) in [6.07, 6.45) is 2.52. The largest absolute Gasteiger partial charge is 0.357 e. The first-order chi connectivity index (χ1) is 7.66. The summed E-state index contributed by atoms with van der Waals surface area (Å²) in [5.74, 6) is 1.32. The highest BCUT2D eigenvalue weighted by Gasteiger charge is 2.17. The Kier molecular flexibility index (Phi) is 4.16. The fraction of sp³-hybridized carbons (Fsp3) is 0.700. The van der Waals surface area contributed by atoms with Crippen LogP contribution in [0.15, 0.2) is 4.34 Å². The Hall–Kier alpha value is -0.200. The van der Waals surface area contributed by atoms with E-state index >= 15 is 0 Å². The van der Waals surface area contributed by atoms with Gasteiger partial charge in [0.2, 0.25) is 0 Å². The minimum absolute atomic E-state index is 0.394. The first kappa shape index (κ1) is 12.3. The van der Waals surface area contributed by atoms with Crippen molar-refractivity contribution in [1.29, 1.82) is 0 Å². The third-order valence-electron chi connectivity index (χ3n) is 2.48. The van der Waals surface area contributed by atoms with Crippen LogP contribution in [-0.2, 0) is 0 Å². The Morgan fingerprint density at radius 1 is 1.44 bits per heavy atom. The molecule has 6 heteroatoms. The van der Waals surface area contributed by atoms with Gasteiger partial charge >= 0.3 is 0 Å². The van der Waals surface area contributed by atoms with Gasteiger partial charge in [-0.05, 0) is 36.1 Å². The summed E-state index contributed by atoms with van der Waals surface area (Å²) < 4.78 is 6.25. The first-order valence-corrected chi connectivity index (χ1v) is 7.47. The average molecular weight is 273 g/mol. The predicted molar refractivity (Wildman–Crippen MR) is 73.3 cm³/mol. The van der Waals surface area contributed by atoms with E-state index in [1.54, 1.807) is 11.8 Å².